The molecule has 11 aromatic rings. The number of hydrogen-bond donors (Lipinski definition) is 0. The molecule has 5 nitrogen and oxygen atoms in total. The highest BCUT2D eigenvalue weighted by Crippen LogP contribution is 2.49. The molecule has 0 amide bonds. The lowest BCUT2D eigenvalue weighted by atomic mass is 9.98. The standard InChI is InChI=1S/C57H40N4O/c1-7-21-41(22-8-1)57-58-53-36-35-52-54(37-42-23-19-20-34-51(42)55(52)56(53)62-57)61(47-32-17-6-18-33-47)50-39-48(59(43-24-9-2-10-25-43)44-26-11-3-12-27-44)38-49(40-50)60(45-28-13-4-14-29-45)46-30-15-5-16-31-46/h1-40H. The number of anilines is 9. The molecule has 0 unspecified atom stereocenters. The molecule has 294 valence electrons. The Hall–Kier alpha value is -8.41. The summed E-state index contributed by atoms with van der Waals surface area (Å²) < 4.78 is 6.78. The second-order valence-corrected chi connectivity index (χ2v) is 15.2. The summed E-state index contributed by atoms with van der Waals surface area (Å²) in [5.74, 6) is 0.601. The van der Waals surface area contributed by atoms with E-state index in [0.29, 0.717) is 5.89 Å². The molecule has 1 aromatic heterocycles. The van der Waals surface area contributed by atoms with Gasteiger partial charge in [0.1, 0.15) is 5.52 Å². The predicted molar refractivity (Wildman–Crippen MR) is 259 cm³/mol. The van der Waals surface area contributed by atoms with Crippen LogP contribution in [0.5, 0.6) is 0 Å². The zero-order valence-electron chi connectivity index (χ0n) is 33.8. The third kappa shape index (κ3) is 6.78. The zero-order valence-corrected chi connectivity index (χ0v) is 33.8. The molecule has 62 heavy (non-hydrogen) atoms. The van der Waals surface area contributed by atoms with Crippen molar-refractivity contribution in [1.82, 2.24) is 4.98 Å². The maximum Gasteiger partial charge on any atom is 0.227 e. The minimum atomic E-state index is 0.601. The molecule has 1 heterocycles. The summed E-state index contributed by atoms with van der Waals surface area (Å²) in [6.45, 7) is 0. The summed E-state index contributed by atoms with van der Waals surface area (Å²) in [6.07, 6.45) is 0. The summed E-state index contributed by atoms with van der Waals surface area (Å²) in [5, 5.41) is 4.28. The van der Waals surface area contributed by atoms with Crippen molar-refractivity contribution in [2.75, 3.05) is 14.7 Å². The average Bonchev–Trinajstić information content (AvgIpc) is 3.79. The molecular formula is C57H40N4O. The summed E-state index contributed by atoms with van der Waals surface area (Å²) >= 11 is 0. The monoisotopic (exact) mass is 796 g/mol. The number of hydrogen-bond acceptors (Lipinski definition) is 5. The van der Waals surface area contributed by atoms with Crippen molar-refractivity contribution in [3.05, 3.63) is 243 Å². The molecule has 0 aliphatic heterocycles. The van der Waals surface area contributed by atoms with Crippen molar-refractivity contribution >= 4 is 83.8 Å². The topological polar surface area (TPSA) is 35.8 Å². The summed E-state index contributed by atoms with van der Waals surface area (Å²) in [5.41, 5.74) is 11.8. The van der Waals surface area contributed by atoms with E-state index in [4.69, 9.17) is 9.40 Å². The van der Waals surface area contributed by atoms with Crippen LogP contribution in [0.4, 0.5) is 51.2 Å². The predicted octanol–water partition coefficient (Wildman–Crippen LogP) is 16.2. The van der Waals surface area contributed by atoms with Gasteiger partial charge in [-0.2, -0.15) is 0 Å². The maximum absolute atomic E-state index is 6.78. The van der Waals surface area contributed by atoms with E-state index < -0.39 is 0 Å². The largest absolute Gasteiger partial charge is 0.435 e. The van der Waals surface area contributed by atoms with Crippen LogP contribution in [0, 0.1) is 0 Å². The van der Waals surface area contributed by atoms with Crippen molar-refractivity contribution in [2.24, 2.45) is 0 Å². The van der Waals surface area contributed by atoms with E-state index in [2.05, 4.69) is 227 Å². The van der Waals surface area contributed by atoms with Gasteiger partial charge in [0, 0.05) is 44.8 Å². The van der Waals surface area contributed by atoms with E-state index in [-0.39, 0.29) is 0 Å². The SMILES string of the molecule is c1ccc(-c2nc3ccc4c(N(c5ccccc5)c5cc(N(c6ccccc6)c6ccccc6)cc(N(c6ccccc6)c6ccccc6)c5)cc5ccccc5c4c3o2)cc1. The Morgan fingerprint density at radius 3 is 1.21 bits per heavy atom. The van der Waals surface area contributed by atoms with Crippen molar-refractivity contribution in [3.63, 3.8) is 0 Å². The molecule has 0 spiro atoms. The van der Waals surface area contributed by atoms with Crippen LogP contribution in [-0.4, -0.2) is 4.98 Å². The maximum atomic E-state index is 6.78. The lowest BCUT2D eigenvalue weighted by molar-refractivity contribution is 0.623. The first kappa shape index (κ1) is 36.7. The number of oxazole rings is 1. The Morgan fingerprint density at radius 1 is 0.323 bits per heavy atom. The van der Waals surface area contributed by atoms with Gasteiger partial charge in [0.05, 0.1) is 22.7 Å². The number of rotatable bonds is 10. The first-order chi connectivity index (χ1) is 30.8. The first-order valence-corrected chi connectivity index (χ1v) is 20.9. The molecule has 11 rings (SSSR count). The number of para-hydroxylation sites is 5. The molecule has 0 saturated carbocycles. The van der Waals surface area contributed by atoms with Gasteiger partial charge in [0.25, 0.3) is 0 Å². The van der Waals surface area contributed by atoms with E-state index in [1.807, 2.05) is 30.3 Å². The second kappa shape index (κ2) is 16.0. The quantitative estimate of drug-likeness (QED) is 0.129. The minimum Gasteiger partial charge on any atom is -0.435 e. The average molecular weight is 797 g/mol. The van der Waals surface area contributed by atoms with E-state index >= 15 is 0 Å². The van der Waals surface area contributed by atoms with Gasteiger partial charge in [-0.05, 0) is 120 Å². The molecule has 0 aliphatic carbocycles. The summed E-state index contributed by atoms with van der Waals surface area (Å²) in [4.78, 5) is 12.1. The van der Waals surface area contributed by atoms with E-state index in [9.17, 15) is 0 Å². The second-order valence-electron chi connectivity index (χ2n) is 15.2. The molecule has 5 heteroatoms. The van der Waals surface area contributed by atoms with Gasteiger partial charge < -0.3 is 19.1 Å². The van der Waals surface area contributed by atoms with Crippen molar-refractivity contribution < 1.29 is 4.42 Å². The molecule has 0 saturated heterocycles. The van der Waals surface area contributed by atoms with Crippen LogP contribution in [0.3, 0.4) is 0 Å². The van der Waals surface area contributed by atoms with Crippen LogP contribution in [0.15, 0.2) is 247 Å². The molecule has 0 radical (unpaired) electrons. The van der Waals surface area contributed by atoms with Crippen molar-refractivity contribution in [2.45, 2.75) is 0 Å². The fraction of sp³-hybridized carbons (Fsp3) is 0. The van der Waals surface area contributed by atoms with Crippen molar-refractivity contribution in [1.29, 1.82) is 0 Å². The van der Waals surface area contributed by atoms with Crippen LogP contribution in [0.25, 0.3) is 44.1 Å². The Kier molecular flexibility index (Phi) is 9.45. The van der Waals surface area contributed by atoms with E-state index in [1.165, 1.54) is 0 Å². The van der Waals surface area contributed by atoms with Gasteiger partial charge in [-0.15, -0.1) is 0 Å². The number of benzene rings is 10. The van der Waals surface area contributed by atoms with Gasteiger partial charge in [-0.3, -0.25) is 0 Å². The number of aromatic nitrogens is 1. The Labute approximate surface area is 360 Å². The van der Waals surface area contributed by atoms with Crippen LogP contribution in [0.2, 0.25) is 0 Å². The third-order valence-electron chi connectivity index (χ3n) is 11.4. The molecule has 0 fully saturated rings. The number of fused-ring (bicyclic) bond motifs is 5. The highest BCUT2D eigenvalue weighted by atomic mass is 16.3. The van der Waals surface area contributed by atoms with E-state index in [1.54, 1.807) is 0 Å². The Balaban J connectivity index is 1.23. The van der Waals surface area contributed by atoms with Gasteiger partial charge >= 0.3 is 0 Å². The lowest BCUT2D eigenvalue weighted by Crippen LogP contribution is -2.16. The molecule has 0 aliphatic rings. The fourth-order valence-electron chi connectivity index (χ4n) is 8.61. The Morgan fingerprint density at radius 2 is 0.726 bits per heavy atom. The first-order valence-electron chi connectivity index (χ1n) is 20.9. The normalized spacial score (nSPS) is 11.2. The van der Waals surface area contributed by atoms with Gasteiger partial charge in [0.2, 0.25) is 5.89 Å². The smallest absolute Gasteiger partial charge is 0.227 e. The molecule has 0 bridgehead atoms. The highest BCUT2D eigenvalue weighted by molar-refractivity contribution is 6.22. The van der Waals surface area contributed by atoms with Crippen LogP contribution >= 0.6 is 0 Å². The molecular weight excluding hydrogens is 757 g/mol. The summed E-state index contributed by atoms with van der Waals surface area (Å²) in [6, 6.07) is 85.3. The number of nitrogens with zero attached hydrogens (tertiary/aromatic N) is 4. The van der Waals surface area contributed by atoms with Gasteiger partial charge in [0.15, 0.2) is 5.58 Å². The fourth-order valence-corrected chi connectivity index (χ4v) is 8.61. The van der Waals surface area contributed by atoms with Crippen LogP contribution in [-0.2, 0) is 0 Å². The minimum absolute atomic E-state index is 0.601. The Bertz CT molecular complexity index is 3110. The lowest BCUT2D eigenvalue weighted by Gasteiger charge is -2.33. The van der Waals surface area contributed by atoms with E-state index in [0.717, 1.165) is 89.4 Å². The molecule has 0 N–H and O–H groups in total. The highest BCUT2D eigenvalue weighted by Gasteiger charge is 2.25. The van der Waals surface area contributed by atoms with Crippen LogP contribution < -0.4 is 14.7 Å². The molecule has 0 atom stereocenters. The van der Waals surface area contributed by atoms with Gasteiger partial charge in [-0.1, -0.05) is 133 Å². The molecule has 10 aromatic carbocycles. The van der Waals surface area contributed by atoms with Crippen LogP contribution in [0.1, 0.15) is 0 Å². The summed E-state index contributed by atoms with van der Waals surface area (Å²) in [7, 11) is 0. The van der Waals surface area contributed by atoms with Gasteiger partial charge in [-0.25, -0.2) is 4.98 Å². The third-order valence-corrected chi connectivity index (χ3v) is 11.4. The zero-order chi connectivity index (χ0) is 41.2. The van der Waals surface area contributed by atoms with Crippen molar-refractivity contribution in [3.8, 4) is 11.5 Å².